The summed E-state index contributed by atoms with van der Waals surface area (Å²) in [6.45, 7) is 3.69. The second kappa shape index (κ2) is 8.51. The molecule has 0 saturated carbocycles. The highest BCUT2D eigenvalue weighted by molar-refractivity contribution is 9.10. The molecule has 8 heteroatoms. The van der Waals surface area contributed by atoms with Crippen LogP contribution in [0.2, 0.25) is 0 Å². The van der Waals surface area contributed by atoms with Gasteiger partial charge in [0, 0.05) is 37.1 Å². The number of halogens is 2. The van der Waals surface area contributed by atoms with E-state index in [-0.39, 0.29) is 24.4 Å². The fourth-order valence-electron chi connectivity index (χ4n) is 3.66. The predicted octanol–water partition coefficient (Wildman–Crippen LogP) is 4.24. The lowest BCUT2D eigenvalue weighted by molar-refractivity contribution is 0.102. The molecule has 4 rings (SSSR count). The van der Waals surface area contributed by atoms with Crippen LogP contribution in [-0.4, -0.2) is 35.0 Å². The number of aromatic nitrogens is 2. The van der Waals surface area contributed by atoms with Gasteiger partial charge in [0.2, 0.25) is 0 Å². The Morgan fingerprint density at radius 3 is 3.00 bits per heavy atom. The van der Waals surface area contributed by atoms with E-state index < -0.39 is 0 Å². The zero-order valence-electron chi connectivity index (χ0n) is 15.5. The van der Waals surface area contributed by atoms with Crippen molar-refractivity contribution in [2.24, 2.45) is 5.73 Å². The van der Waals surface area contributed by atoms with Crippen molar-refractivity contribution in [3.05, 3.63) is 52.3 Å². The third kappa shape index (κ3) is 4.01. The molecule has 3 heterocycles. The van der Waals surface area contributed by atoms with E-state index in [4.69, 9.17) is 5.73 Å². The highest BCUT2D eigenvalue weighted by Gasteiger charge is 2.24. The number of pyridine rings is 1. The number of rotatable bonds is 3. The van der Waals surface area contributed by atoms with Crippen molar-refractivity contribution in [3.63, 3.8) is 0 Å². The second-order valence-electron chi connectivity index (χ2n) is 7.05. The van der Waals surface area contributed by atoms with Crippen molar-refractivity contribution < 1.29 is 4.79 Å². The summed E-state index contributed by atoms with van der Waals surface area (Å²) < 4.78 is 0.898. The molecule has 2 aromatic heterocycles. The Morgan fingerprint density at radius 1 is 1.43 bits per heavy atom. The van der Waals surface area contributed by atoms with E-state index in [0.717, 1.165) is 58.4 Å². The van der Waals surface area contributed by atoms with Crippen molar-refractivity contribution in [3.8, 4) is 0 Å². The molecule has 148 valence electrons. The van der Waals surface area contributed by atoms with E-state index in [1.54, 1.807) is 12.4 Å². The minimum atomic E-state index is -0.138. The Balaban J connectivity index is 0.00000225. The lowest BCUT2D eigenvalue weighted by Crippen LogP contribution is -2.43. The maximum atomic E-state index is 12.7. The van der Waals surface area contributed by atoms with Crippen molar-refractivity contribution in [1.29, 1.82) is 0 Å². The number of piperidine rings is 1. The van der Waals surface area contributed by atoms with Crippen LogP contribution in [0.15, 0.2) is 41.1 Å². The molecule has 4 N–H and O–H groups in total. The summed E-state index contributed by atoms with van der Waals surface area (Å²) in [4.78, 5) is 22.6. The van der Waals surface area contributed by atoms with Gasteiger partial charge in [-0.3, -0.25) is 4.79 Å². The molecule has 1 aliphatic rings. The molecular formula is C20H23BrClN5O. The van der Waals surface area contributed by atoms with Gasteiger partial charge in [0.25, 0.3) is 5.91 Å². The number of nitrogens with one attached hydrogen (secondary N) is 2. The van der Waals surface area contributed by atoms with E-state index in [9.17, 15) is 4.79 Å². The summed E-state index contributed by atoms with van der Waals surface area (Å²) in [5.41, 5.74) is 10.4. The predicted molar refractivity (Wildman–Crippen MR) is 120 cm³/mol. The number of aromatic amines is 1. The smallest absolute Gasteiger partial charge is 0.255 e. The molecule has 1 aromatic carbocycles. The second-order valence-corrected chi connectivity index (χ2v) is 7.91. The first kappa shape index (κ1) is 20.6. The normalized spacial score (nSPS) is 16.7. The number of anilines is 2. The highest BCUT2D eigenvalue weighted by atomic mass is 79.9. The molecule has 0 radical (unpaired) electrons. The van der Waals surface area contributed by atoms with Crippen LogP contribution < -0.4 is 16.0 Å². The van der Waals surface area contributed by atoms with E-state index in [1.165, 1.54) is 0 Å². The maximum Gasteiger partial charge on any atom is 0.255 e. The average Bonchev–Trinajstić information content (AvgIpc) is 3.04. The standard InChI is InChI=1S/C20H22BrN5O.ClH/c1-12-4-2-5-13(8-12)20(27)25-16-10-24-19-17(16)18(15(21)9-23-19)26-7-3-6-14(22)11-26;/h2,4-5,8-10,14H,3,6-7,11,22H2,1H3,(H,23,24)(H,25,27);1H. The molecular weight excluding hydrogens is 442 g/mol. The summed E-state index contributed by atoms with van der Waals surface area (Å²) in [5, 5.41) is 3.94. The molecule has 0 bridgehead atoms. The van der Waals surface area contributed by atoms with Gasteiger partial charge in [-0.2, -0.15) is 0 Å². The van der Waals surface area contributed by atoms with Crippen molar-refractivity contribution in [2.45, 2.75) is 25.8 Å². The van der Waals surface area contributed by atoms with Crippen LogP contribution in [0.3, 0.4) is 0 Å². The minimum Gasteiger partial charge on any atom is -0.368 e. The third-order valence-corrected chi connectivity index (χ3v) is 5.51. The van der Waals surface area contributed by atoms with E-state index >= 15 is 0 Å². The molecule has 1 aliphatic heterocycles. The summed E-state index contributed by atoms with van der Waals surface area (Å²) >= 11 is 3.64. The number of amides is 1. The largest absolute Gasteiger partial charge is 0.368 e. The van der Waals surface area contributed by atoms with Crippen LogP contribution >= 0.6 is 28.3 Å². The number of benzene rings is 1. The average molecular weight is 465 g/mol. The first-order valence-corrected chi connectivity index (χ1v) is 9.86. The summed E-state index contributed by atoms with van der Waals surface area (Å²) in [5.74, 6) is -0.138. The van der Waals surface area contributed by atoms with Crippen LogP contribution in [0.5, 0.6) is 0 Å². The number of aryl methyl sites for hydroxylation is 1. The molecule has 1 saturated heterocycles. The number of hydrogen-bond donors (Lipinski definition) is 3. The van der Waals surface area contributed by atoms with Crippen LogP contribution in [0.4, 0.5) is 11.4 Å². The fraction of sp³-hybridized carbons (Fsp3) is 0.300. The van der Waals surface area contributed by atoms with Crippen molar-refractivity contribution >= 4 is 56.7 Å². The Morgan fingerprint density at radius 2 is 2.25 bits per heavy atom. The Kier molecular flexibility index (Phi) is 6.27. The van der Waals surface area contributed by atoms with Gasteiger partial charge in [-0.25, -0.2) is 4.98 Å². The maximum absolute atomic E-state index is 12.7. The zero-order chi connectivity index (χ0) is 19.0. The molecule has 0 aliphatic carbocycles. The van der Waals surface area contributed by atoms with Gasteiger partial charge < -0.3 is 20.9 Å². The van der Waals surface area contributed by atoms with Crippen molar-refractivity contribution in [1.82, 2.24) is 9.97 Å². The molecule has 1 atom stereocenters. The minimum absolute atomic E-state index is 0. The number of carbonyl (C=O) groups is 1. The molecule has 1 amide bonds. The van der Waals surface area contributed by atoms with Crippen LogP contribution in [-0.2, 0) is 0 Å². The van der Waals surface area contributed by atoms with Crippen LogP contribution in [0.25, 0.3) is 11.0 Å². The Labute approximate surface area is 178 Å². The zero-order valence-corrected chi connectivity index (χ0v) is 17.9. The monoisotopic (exact) mass is 463 g/mol. The molecule has 3 aromatic rings. The number of carbonyl (C=O) groups excluding carboxylic acids is 1. The van der Waals surface area contributed by atoms with E-state index in [0.29, 0.717) is 5.56 Å². The molecule has 0 spiro atoms. The van der Waals surface area contributed by atoms with Crippen molar-refractivity contribution in [2.75, 3.05) is 23.3 Å². The molecule has 1 unspecified atom stereocenters. The SMILES string of the molecule is Cc1cccc(C(=O)Nc2c[nH]c3ncc(Br)c(N4CCCC(N)C4)c23)c1.Cl. The van der Waals surface area contributed by atoms with E-state index in [2.05, 4.69) is 36.1 Å². The lowest BCUT2D eigenvalue weighted by atomic mass is 10.1. The molecule has 28 heavy (non-hydrogen) atoms. The molecule has 6 nitrogen and oxygen atoms in total. The molecule has 1 fully saturated rings. The topological polar surface area (TPSA) is 87.0 Å². The first-order chi connectivity index (χ1) is 13.0. The Bertz CT molecular complexity index is 1010. The number of nitrogens with two attached hydrogens (primary N) is 1. The summed E-state index contributed by atoms with van der Waals surface area (Å²) in [6.07, 6.45) is 5.67. The number of nitrogens with zero attached hydrogens (tertiary/aromatic N) is 2. The first-order valence-electron chi connectivity index (χ1n) is 9.07. The fourth-order valence-corrected chi connectivity index (χ4v) is 4.21. The van der Waals surface area contributed by atoms with Crippen LogP contribution in [0.1, 0.15) is 28.8 Å². The van der Waals surface area contributed by atoms with Gasteiger partial charge >= 0.3 is 0 Å². The quantitative estimate of drug-likeness (QED) is 0.541. The summed E-state index contributed by atoms with van der Waals surface area (Å²) in [6, 6.07) is 7.70. The van der Waals surface area contributed by atoms with Gasteiger partial charge in [-0.1, -0.05) is 17.7 Å². The van der Waals surface area contributed by atoms with Gasteiger partial charge in [0.1, 0.15) is 5.65 Å². The van der Waals surface area contributed by atoms with Gasteiger partial charge in [-0.15, -0.1) is 12.4 Å². The van der Waals surface area contributed by atoms with Gasteiger partial charge in [0.05, 0.1) is 21.2 Å². The lowest BCUT2D eigenvalue weighted by Gasteiger charge is -2.33. The summed E-state index contributed by atoms with van der Waals surface area (Å²) in [7, 11) is 0. The highest BCUT2D eigenvalue weighted by Crippen LogP contribution is 2.38. The number of H-pyrrole nitrogens is 1. The Hall–Kier alpha value is -2.09. The third-order valence-electron chi connectivity index (χ3n) is 4.93. The number of fused-ring (bicyclic) bond motifs is 1. The van der Waals surface area contributed by atoms with Gasteiger partial charge in [0.15, 0.2) is 0 Å². The van der Waals surface area contributed by atoms with E-state index in [1.807, 2.05) is 31.2 Å². The van der Waals surface area contributed by atoms with Crippen LogP contribution in [0, 0.1) is 6.92 Å². The van der Waals surface area contributed by atoms with Gasteiger partial charge in [-0.05, 0) is 47.8 Å². The number of hydrogen-bond acceptors (Lipinski definition) is 4.